The molecule has 6 heteroatoms. The number of aromatic nitrogens is 3. The van der Waals surface area contributed by atoms with E-state index in [0.717, 1.165) is 32.3 Å². The maximum absolute atomic E-state index is 12.9. The number of hydrogen-bond donors (Lipinski definition) is 0. The highest BCUT2D eigenvalue weighted by molar-refractivity contribution is 9.10. The summed E-state index contributed by atoms with van der Waals surface area (Å²) in [5.41, 5.74) is 2.08. The Kier molecular flexibility index (Phi) is 4.59. The van der Waals surface area contributed by atoms with Crippen molar-refractivity contribution in [3.05, 3.63) is 64.4 Å². The second kappa shape index (κ2) is 6.62. The van der Waals surface area contributed by atoms with Crippen molar-refractivity contribution in [3.8, 4) is 11.4 Å². The van der Waals surface area contributed by atoms with Crippen LogP contribution in [0.5, 0.6) is 0 Å². The van der Waals surface area contributed by atoms with Crippen molar-refractivity contribution < 1.29 is 4.39 Å². The topological polar surface area (TPSA) is 30.7 Å². The summed E-state index contributed by atoms with van der Waals surface area (Å²) < 4.78 is 15.9. The number of benzene rings is 2. The van der Waals surface area contributed by atoms with Crippen LogP contribution in [0.25, 0.3) is 11.4 Å². The molecule has 0 spiro atoms. The molecule has 0 N–H and O–H groups in total. The Morgan fingerprint density at radius 2 is 1.73 bits per heavy atom. The lowest BCUT2D eigenvalue weighted by atomic mass is 10.2. The van der Waals surface area contributed by atoms with Crippen LogP contribution in [-0.2, 0) is 12.8 Å². The van der Waals surface area contributed by atoms with E-state index >= 15 is 0 Å². The van der Waals surface area contributed by atoms with Crippen molar-refractivity contribution in [2.24, 2.45) is 7.05 Å². The largest absolute Gasteiger partial charge is 0.305 e. The molecule has 0 radical (unpaired) electrons. The first-order valence-corrected chi connectivity index (χ1v) is 8.44. The summed E-state index contributed by atoms with van der Waals surface area (Å²) in [4.78, 5) is 0. The maximum atomic E-state index is 12.9. The quantitative estimate of drug-likeness (QED) is 0.618. The molecule has 1 aromatic heterocycles. The van der Waals surface area contributed by atoms with Gasteiger partial charge in [-0.15, -0.1) is 10.2 Å². The third-order valence-electron chi connectivity index (χ3n) is 3.22. The first-order valence-electron chi connectivity index (χ1n) is 6.66. The second-order valence-corrected chi connectivity index (χ2v) is 6.65. The second-order valence-electron chi connectivity index (χ2n) is 4.79. The number of halogens is 2. The molecule has 1 heterocycles. The third kappa shape index (κ3) is 3.39. The molecule has 0 aliphatic heterocycles. The fourth-order valence-corrected chi connectivity index (χ4v) is 3.15. The molecule has 112 valence electrons. The van der Waals surface area contributed by atoms with Gasteiger partial charge in [0.25, 0.3) is 0 Å². The van der Waals surface area contributed by atoms with Crippen LogP contribution < -0.4 is 0 Å². The van der Waals surface area contributed by atoms with Gasteiger partial charge in [0.05, 0.1) is 0 Å². The minimum atomic E-state index is -0.218. The van der Waals surface area contributed by atoms with Gasteiger partial charge in [0, 0.05) is 22.8 Å². The summed E-state index contributed by atoms with van der Waals surface area (Å²) in [5.74, 6) is 1.34. The smallest absolute Gasteiger partial charge is 0.191 e. The molecule has 0 amide bonds. The zero-order chi connectivity index (χ0) is 15.5. The minimum Gasteiger partial charge on any atom is -0.305 e. The van der Waals surface area contributed by atoms with Gasteiger partial charge in [-0.1, -0.05) is 52.0 Å². The first kappa shape index (κ1) is 15.2. The fourth-order valence-electron chi connectivity index (χ4n) is 2.02. The van der Waals surface area contributed by atoms with E-state index in [4.69, 9.17) is 0 Å². The Balaban J connectivity index is 1.75. The monoisotopic (exact) mass is 377 g/mol. The van der Waals surface area contributed by atoms with E-state index in [0.29, 0.717) is 0 Å². The Morgan fingerprint density at radius 1 is 1.05 bits per heavy atom. The first-order chi connectivity index (χ1) is 10.6. The van der Waals surface area contributed by atoms with Crippen molar-refractivity contribution in [2.75, 3.05) is 0 Å². The minimum absolute atomic E-state index is 0.218. The van der Waals surface area contributed by atoms with Gasteiger partial charge in [0.2, 0.25) is 0 Å². The molecule has 0 unspecified atom stereocenters. The highest BCUT2D eigenvalue weighted by atomic mass is 79.9. The molecule has 22 heavy (non-hydrogen) atoms. The third-order valence-corrected chi connectivity index (χ3v) is 4.84. The molecule has 0 aliphatic rings. The lowest BCUT2D eigenvalue weighted by molar-refractivity contribution is 0.627. The number of hydrogen-bond acceptors (Lipinski definition) is 3. The van der Waals surface area contributed by atoms with Gasteiger partial charge in [-0.3, -0.25) is 0 Å². The normalized spacial score (nSPS) is 10.9. The van der Waals surface area contributed by atoms with Crippen molar-refractivity contribution >= 4 is 27.7 Å². The van der Waals surface area contributed by atoms with E-state index in [-0.39, 0.29) is 5.82 Å². The Bertz CT molecular complexity index is 769. The van der Waals surface area contributed by atoms with Crippen molar-refractivity contribution in [3.63, 3.8) is 0 Å². The van der Waals surface area contributed by atoms with Gasteiger partial charge in [-0.05, 0) is 29.8 Å². The van der Waals surface area contributed by atoms with Crippen LogP contribution >= 0.6 is 27.7 Å². The molecule has 0 aliphatic carbocycles. The van der Waals surface area contributed by atoms with Gasteiger partial charge in [0.1, 0.15) is 5.82 Å². The van der Waals surface area contributed by atoms with E-state index in [9.17, 15) is 4.39 Å². The summed E-state index contributed by atoms with van der Waals surface area (Å²) >= 11 is 5.01. The highest BCUT2D eigenvalue weighted by Crippen LogP contribution is 2.26. The van der Waals surface area contributed by atoms with Gasteiger partial charge < -0.3 is 4.57 Å². The molecule has 0 saturated heterocycles. The van der Waals surface area contributed by atoms with E-state index < -0.39 is 0 Å². The summed E-state index contributed by atoms with van der Waals surface area (Å²) in [6, 6.07) is 14.5. The fraction of sp³-hybridized carbons (Fsp3) is 0.125. The Hall–Kier alpha value is -1.66. The van der Waals surface area contributed by atoms with Crippen LogP contribution in [0.2, 0.25) is 0 Å². The van der Waals surface area contributed by atoms with E-state index in [2.05, 4.69) is 26.1 Å². The van der Waals surface area contributed by atoms with Gasteiger partial charge >= 0.3 is 0 Å². The van der Waals surface area contributed by atoms with Crippen molar-refractivity contribution in [1.29, 1.82) is 0 Å². The Morgan fingerprint density at radius 3 is 2.41 bits per heavy atom. The van der Waals surface area contributed by atoms with Crippen LogP contribution in [0.4, 0.5) is 4.39 Å². The number of nitrogens with zero attached hydrogens (tertiary/aromatic N) is 3. The molecule has 3 rings (SSSR count). The lowest BCUT2D eigenvalue weighted by Gasteiger charge is -2.04. The lowest BCUT2D eigenvalue weighted by Crippen LogP contribution is -1.95. The van der Waals surface area contributed by atoms with Crippen LogP contribution in [0, 0.1) is 5.82 Å². The summed E-state index contributed by atoms with van der Waals surface area (Å²) in [6.45, 7) is 0. The highest BCUT2D eigenvalue weighted by Gasteiger charge is 2.11. The molecule has 0 bridgehead atoms. The van der Waals surface area contributed by atoms with Crippen molar-refractivity contribution in [1.82, 2.24) is 14.8 Å². The zero-order valence-corrected chi connectivity index (χ0v) is 14.2. The van der Waals surface area contributed by atoms with Crippen molar-refractivity contribution in [2.45, 2.75) is 10.9 Å². The van der Waals surface area contributed by atoms with Gasteiger partial charge in [-0.2, -0.15) is 0 Å². The van der Waals surface area contributed by atoms with Crippen LogP contribution in [0.3, 0.4) is 0 Å². The average Bonchev–Trinajstić information content (AvgIpc) is 2.89. The summed E-state index contributed by atoms with van der Waals surface area (Å²) in [6.07, 6.45) is 0. The molecular weight excluding hydrogens is 365 g/mol. The molecular formula is C16H13BrFN3S. The predicted molar refractivity (Wildman–Crippen MR) is 90.1 cm³/mol. The van der Waals surface area contributed by atoms with Gasteiger partial charge in [-0.25, -0.2) is 4.39 Å². The van der Waals surface area contributed by atoms with Crippen LogP contribution in [0.15, 0.2) is 58.2 Å². The zero-order valence-electron chi connectivity index (χ0n) is 11.8. The standard InChI is InChI=1S/C16H13BrFN3S/c1-21-15(12-4-6-13(17)7-5-12)19-20-16(21)22-10-11-2-8-14(18)9-3-11/h2-9H,10H2,1H3. The van der Waals surface area contributed by atoms with E-state index in [1.54, 1.807) is 23.9 Å². The molecule has 3 aromatic rings. The molecule has 0 atom stereocenters. The number of thioether (sulfide) groups is 1. The predicted octanol–water partition coefficient (Wildman–Crippen LogP) is 4.68. The Labute approximate surface area is 140 Å². The maximum Gasteiger partial charge on any atom is 0.191 e. The average molecular weight is 378 g/mol. The van der Waals surface area contributed by atoms with E-state index in [1.807, 2.05) is 35.9 Å². The number of rotatable bonds is 4. The van der Waals surface area contributed by atoms with Crippen LogP contribution in [0.1, 0.15) is 5.56 Å². The molecule has 0 fully saturated rings. The van der Waals surface area contributed by atoms with Gasteiger partial charge in [0.15, 0.2) is 11.0 Å². The van der Waals surface area contributed by atoms with E-state index in [1.165, 1.54) is 12.1 Å². The SMILES string of the molecule is Cn1c(SCc2ccc(F)cc2)nnc1-c1ccc(Br)cc1. The summed E-state index contributed by atoms with van der Waals surface area (Å²) in [5, 5.41) is 9.33. The summed E-state index contributed by atoms with van der Waals surface area (Å²) in [7, 11) is 1.95. The molecule has 2 aromatic carbocycles. The molecule has 3 nitrogen and oxygen atoms in total. The van der Waals surface area contributed by atoms with Crippen LogP contribution in [-0.4, -0.2) is 14.8 Å². The molecule has 0 saturated carbocycles.